The van der Waals surface area contributed by atoms with E-state index in [1.807, 2.05) is 0 Å². The molecule has 1 N–H and O–H groups in total. The van der Waals surface area contributed by atoms with Gasteiger partial charge in [-0.1, -0.05) is 23.2 Å². The van der Waals surface area contributed by atoms with Crippen LogP contribution in [0.25, 0.3) is 0 Å². The summed E-state index contributed by atoms with van der Waals surface area (Å²) in [6, 6.07) is 3.84. The fourth-order valence-corrected chi connectivity index (χ4v) is 5.48. The van der Waals surface area contributed by atoms with E-state index in [0.29, 0.717) is 6.04 Å². The zero-order chi connectivity index (χ0) is 13.9. The average molecular weight is 314 g/mol. The summed E-state index contributed by atoms with van der Waals surface area (Å²) in [6.07, 6.45) is 6.87. The number of nitrogens with one attached hydrogen (secondary N) is 1. The Morgan fingerprint density at radius 1 is 0.900 bits per heavy atom. The molecule has 4 heteroatoms. The zero-order valence-electron chi connectivity index (χ0n) is 11.2. The standard InChI is InChI=1S/C16H18Cl2FN/c17-13-6-12(7-14(18)15(13)19)20-16-10-2-8-1-9(4-10)5-11(16)3-8/h6-11,16,20H,1-5H2. The number of anilines is 1. The summed E-state index contributed by atoms with van der Waals surface area (Å²) in [6.45, 7) is 0. The van der Waals surface area contributed by atoms with Gasteiger partial charge in [0.25, 0.3) is 0 Å². The maximum atomic E-state index is 13.5. The lowest BCUT2D eigenvalue weighted by molar-refractivity contribution is 0.00754. The van der Waals surface area contributed by atoms with Crippen LogP contribution >= 0.6 is 23.2 Å². The highest BCUT2D eigenvalue weighted by molar-refractivity contribution is 6.35. The van der Waals surface area contributed by atoms with Crippen LogP contribution in [0.1, 0.15) is 32.1 Å². The quantitative estimate of drug-likeness (QED) is 0.724. The van der Waals surface area contributed by atoms with E-state index >= 15 is 0 Å². The molecule has 1 aromatic rings. The molecule has 4 saturated carbocycles. The first-order valence-electron chi connectivity index (χ1n) is 7.51. The maximum absolute atomic E-state index is 13.5. The van der Waals surface area contributed by atoms with E-state index in [1.54, 1.807) is 12.1 Å². The topological polar surface area (TPSA) is 12.0 Å². The van der Waals surface area contributed by atoms with Gasteiger partial charge in [-0.3, -0.25) is 0 Å². The van der Waals surface area contributed by atoms with Crippen LogP contribution in [-0.4, -0.2) is 6.04 Å². The predicted molar refractivity (Wildman–Crippen MR) is 80.9 cm³/mol. The molecule has 4 aliphatic carbocycles. The number of hydrogen-bond acceptors (Lipinski definition) is 1. The summed E-state index contributed by atoms with van der Waals surface area (Å²) < 4.78 is 13.5. The second-order valence-electron chi connectivity index (χ2n) is 6.85. The van der Waals surface area contributed by atoms with E-state index in [4.69, 9.17) is 23.2 Å². The minimum atomic E-state index is -0.524. The van der Waals surface area contributed by atoms with Crippen LogP contribution in [0.4, 0.5) is 10.1 Å². The summed E-state index contributed by atoms with van der Waals surface area (Å²) in [7, 11) is 0. The second kappa shape index (κ2) is 4.78. The Labute approximate surface area is 128 Å². The summed E-state index contributed by atoms with van der Waals surface area (Å²) in [4.78, 5) is 0. The van der Waals surface area contributed by atoms with Crippen LogP contribution in [0.2, 0.25) is 10.0 Å². The van der Waals surface area contributed by atoms with Crippen molar-refractivity contribution < 1.29 is 4.39 Å². The fraction of sp³-hybridized carbons (Fsp3) is 0.625. The summed E-state index contributed by atoms with van der Waals surface area (Å²) in [5.41, 5.74) is 0.860. The Bertz CT molecular complexity index is 494. The third-order valence-corrected chi connectivity index (χ3v) is 6.09. The lowest BCUT2D eigenvalue weighted by Gasteiger charge is -2.54. The van der Waals surface area contributed by atoms with Gasteiger partial charge in [0.1, 0.15) is 0 Å². The third-order valence-electron chi connectivity index (χ3n) is 5.54. The van der Waals surface area contributed by atoms with Crippen LogP contribution in [0.3, 0.4) is 0 Å². The second-order valence-corrected chi connectivity index (χ2v) is 7.67. The van der Waals surface area contributed by atoms with Gasteiger partial charge in [0.05, 0.1) is 10.0 Å². The van der Waals surface area contributed by atoms with Gasteiger partial charge >= 0.3 is 0 Å². The van der Waals surface area contributed by atoms with Crippen molar-refractivity contribution in [3.05, 3.63) is 28.0 Å². The van der Waals surface area contributed by atoms with E-state index in [0.717, 1.165) is 29.4 Å². The summed E-state index contributed by atoms with van der Waals surface area (Å²) in [5.74, 6) is 2.93. The molecule has 4 bridgehead atoms. The lowest BCUT2D eigenvalue weighted by Crippen LogP contribution is -2.51. The molecule has 0 saturated heterocycles. The van der Waals surface area contributed by atoms with Crippen molar-refractivity contribution in [2.75, 3.05) is 5.32 Å². The van der Waals surface area contributed by atoms with E-state index in [-0.39, 0.29) is 10.0 Å². The van der Waals surface area contributed by atoms with Crippen molar-refractivity contribution in [3.8, 4) is 0 Å². The van der Waals surface area contributed by atoms with Crippen LogP contribution in [-0.2, 0) is 0 Å². The molecule has 0 aromatic heterocycles. The van der Waals surface area contributed by atoms with E-state index in [2.05, 4.69) is 5.32 Å². The van der Waals surface area contributed by atoms with Gasteiger partial charge < -0.3 is 5.32 Å². The Balaban J connectivity index is 1.57. The first kappa shape index (κ1) is 13.2. The van der Waals surface area contributed by atoms with Gasteiger partial charge in [-0.25, -0.2) is 4.39 Å². The van der Waals surface area contributed by atoms with Crippen molar-refractivity contribution in [3.63, 3.8) is 0 Å². The minimum absolute atomic E-state index is 0.101. The monoisotopic (exact) mass is 313 g/mol. The van der Waals surface area contributed by atoms with Crippen LogP contribution in [0.15, 0.2) is 12.1 Å². The fourth-order valence-electron chi connectivity index (χ4n) is 4.99. The van der Waals surface area contributed by atoms with Crippen molar-refractivity contribution in [2.24, 2.45) is 23.7 Å². The van der Waals surface area contributed by atoms with Crippen molar-refractivity contribution in [1.82, 2.24) is 0 Å². The smallest absolute Gasteiger partial charge is 0.160 e. The molecule has 0 amide bonds. The molecule has 0 radical (unpaired) electrons. The first-order chi connectivity index (χ1) is 9.60. The molecule has 0 unspecified atom stereocenters. The minimum Gasteiger partial charge on any atom is -0.382 e. The molecule has 1 nitrogen and oxygen atoms in total. The van der Waals surface area contributed by atoms with E-state index in [1.165, 1.54) is 32.1 Å². The molecular formula is C16H18Cl2FN. The van der Waals surface area contributed by atoms with Gasteiger partial charge in [0.2, 0.25) is 0 Å². The van der Waals surface area contributed by atoms with Gasteiger partial charge in [-0.2, -0.15) is 0 Å². The molecular weight excluding hydrogens is 296 g/mol. The largest absolute Gasteiger partial charge is 0.382 e. The van der Waals surface area contributed by atoms with Crippen LogP contribution < -0.4 is 5.32 Å². The zero-order valence-corrected chi connectivity index (χ0v) is 12.7. The van der Waals surface area contributed by atoms with E-state index in [9.17, 15) is 4.39 Å². The van der Waals surface area contributed by atoms with Gasteiger partial charge in [0.15, 0.2) is 5.82 Å². The molecule has 5 rings (SSSR count). The molecule has 0 aliphatic heterocycles. The number of benzene rings is 1. The van der Waals surface area contributed by atoms with Crippen molar-refractivity contribution in [2.45, 2.75) is 38.1 Å². The number of hydrogen-bond donors (Lipinski definition) is 1. The molecule has 1 aromatic carbocycles. The highest BCUT2D eigenvalue weighted by Gasteiger charge is 2.48. The Morgan fingerprint density at radius 3 is 1.90 bits per heavy atom. The van der Waals surface area contributed by atoms with Gasteiger partial charge in [-0.15, -0.1) is 0 Å². The molecule has 4 aliphatic rings. The van der Waals surface area contributed by atoms with Crippen LogP contribution in [0, 0.1) is 29.5 Å². The van der Waals surface area contributed by atoms with Gasteiger partial charge in [-0.05, 0) is 67.9 Å². The van der Waals surface area contributed by atoms with Crippen molar-refractivity contribution in [1.29, 1.82) is 0 Å². The highest BCUT2D eigenvalue weighted by Crippen LogP contribution is 2.54. The average Bonchev–Trinajstić information content (AvgIpc) is 2.39. The summed E-state index contributed by atoms with van der Waals surface area (Å²) >= 11 is 11.8. The highest BCUT2D eigenvalue weighted by atomic mass is 35.5. The van der Waals surface area contributed by atoms with Crippen LogP contribution in [0.5, 0.6) is 0 Å². The molecule has 0 spiro atoms. The molecule has 0 heterocycles. The Morgan fingerprint density at radius 2 is 1.40 bits per heavy atom. The molecule has 20 heavy (non-hydrogen) atoms. The van der Waals surface area contributed by atoms with Gasteiger partial charge in [0, 0.05) is 11.7 Å². The maximum Gasteiger partial charge on any atom is 0.160 e. The lowest BCUT2D eigenvalue weighted by atomic mass is 9.54. The Hall–Kier alpha value is -0.470. The molecule has 0 atom stereocenters. The SMILES string of the molecule is Fc1c(Cl)cc(NC2C3CC4CC(C3)CC2C4)cc1Cl. The van der Waals surface area contributed by atoms with Crippen molar-refractivity contribution >= 4 is 28.9 Å². The third kappa shape index (κ3) is 2.12. The molecule has 108 valence electrons. The predicted octanol–water partition coefficient (Wildman–Crippen LogP) is 5.37. The first-order valence-corrected chi connectivity index (χ1v) is 8.27. The van der Waals surface area contributed by atoms with E-state index < -0.39 is 5.82 Å². The number of halogens is 3. The normalized spacial score (nSPS) is 38.2. The number of rotatable bonds is 2. The molecule has 4 fully saturated rings. The summed E-state index contributed by atoms with van der Waals surface area (Å²) in [5, 5.41) is 3.80. The Kier molecular flexibility index (Phi) is 3.15.